The first-order chi connectivity index (χ1) is 13.5. The minimum absolute atomic E-state index is 0.0705. The Morgan fingerprint density at radius 2 is 2.04 bits per heavy atom. The summed E-state index contributed by atoms with van der Waals surface area (Å²) in [6.07, 6.45) is 7.79. The Bertz CT molecular complexity index is 825. The standard InChI is InChI=1S/C24H33N2O2/c1-17(2)20-12-11-18(3)14-22(20)28-24(27)16-25-15-21(19-8-5-4-6-9-19)26-13-7-10-23(25)26/h4-6,8-9,15,17-18,20,22H,7,10-14,16H2,1-3H3/q+1. The number of carbonyl (C=O) groups excluding carboxylic acids is 1. The molecule has 0 saturated heterocycles. The molecule has 1 aromatic heterocycles. The van der Waals surface area contributed by atoms with Crippen LogP contribution in [0.25, 0.3) is 11.3 Å². The molecule has 3 unspecified atom stereocenters. The Morgan fingerprint density at radius 3 is 2.79 bits per heavy atom. The van der Waals surface area contributed by atoms with Crippen LogP contribution in [0.5, 0.6) is 0 Å². The molecule has 1 aliphatic carbocycles. The first-order valence-corrected chi connectivity index (χ1v) is 10.9. The van der Waals surface area contributed by atoms with Crippen LogP contribution in [-0.4, -0.2) is 16.6 Å². The lowest BCUT2D eigenvalue weighted by molar-refractivity contribution is -0.692. The number of benzene rings is 1. The summed E-state index contributed by atoms with van der Waals surface area (Å²) in [5.74, 6) is 2.85. The van der Waals surface area contributed by atoms with Crippen LogP contribution in [0.15, 0.2) is 36.5 Å². The van der Waals surface area contributed by atoms with E-state index in [2.05, 4.69) is 60.4 Å². The molecule has 0 amide bonds. The Morgan fingerprint density at radius 1 is 1.25 bits per heavy atom. The number of carbonyl (C=O) groups is 1. The summed E-state index contributed by atoms with van der Waals surface area (Å²) >= 11 is 0. The van der Waals surface area contributed by atoms with Gasteiger partial charge in [-0.2, -0.15) is 0 Å². The molecule has 3 atom stereocenters. The average molecular weight is 382 g/mol. The van der Waals surface area contributed by atoms with Crippen molar-refractivity contribution in [3.63, 3.8) is 0 Å². The third kappa shape index (κ3) is 3.87. The number of fused-ring (bicyclic) bond motifs is 1. The van der Waals surface area contributed by atoms with Crippen molar-refractivity contribution in [3.05, 3.63) is 42.4 Å². The summed E-state index contributed by atoms with van der Waals surface area (Å²) in [7, 11) is 0. The van der Waals surface area contributed by atoms with Gasteiger partial charge in [0, 0.05) is 5.56 Å². The lowest BCUT2D eigenvalue weighted by atomic mass is 9.75. The topological polar surface area (TPSA) is 35.1 Å². The van der Waals surface area contributed by atoms with Crippen molar-refractivity contribution in [2.24, 2.45) is 17.8 Å². The number of aromatic nitrogens is 2. The molecule has 4 nitrogen and oxygen atoms in total. The van der Waals surface area contributed by atoms with E-state index in [-0.39, 0.29) is 12.1 Å². The predicted octanol–water partition coefficient (Wildman–Crippen LogP) is 4.39. The number of rotatable bonds is 5. The van der Waals surface area contributed by atoms with Crippen molar-refractivity contribution >= 4 is 5.97 Å². The number of ether oxygens (including phenoxy) is 1. The molecule has 4 rings (SSSR count). The monoisotopic (exact) mass is 381 g/mol. The van der Waals surface area contributed by atoms with Crippen LogP contribution < -0.4 is 4.57 Å². The van der Waals surface area contributed by atoms with Crippen molar-refractivity contribution in [1.82, 2.24) is 4.57 Å². The highest BCUT2D eigenvalue weighted by molar-refractivity contribution is 5.68. The minimum Gasteiger partial charge on any atom is -0.459 e. The molecule has 4 heteroatoms. The van der Waals surface area contributed by atoms with E-state index in [1.54, 1.807) is 0 Å². The number of imidazole rings is 1. The lowest BCUT2D eigenvalue weighted by Crippen LogP contribution is -2.43. The Hall–Kier alpha value is -2.10. The van der Waals surface area contributed by atoms with Gasteiger partial charge in [-0.05, 0) is 37.0 Å². The van der Waals surface area contributed by atoms with Crippen LogP contribution in [0.4, 0.5) is 0 Å². The molecule has 0 bridgehead atoms. The van der Waals surface area contributed by atoms with Gasteiger partial charge in [0.1, 0.15) is 12.3 Å². The van der Waals surface area contributed by atoms with E-state index < -0.39 is 0 Å². The first-order valence-electron chi connectivity index (χ1n) is 10.9. The Kier molecular flexibility index (Phi) is 5.56. The Labute approximate surface area is 168 Å². The fourth-order valence-corrected chi connectivity index (χ4v) is 5.08. The molecule has 0 radical (unpaired) electrons. The van der Waals surface area contributed by atoms with E-state index in [4.69, 9.17) is 4.74 Å². The van der Waals surface area contributed by atoms with Crippen molar-refractivity contribution < 1.29 is 14.1 Å². The summed E-state index contributed by atoms with van der Waals surface area (Å²) in [4.78, 5) is 12.8. The molecule has 2 heterocycles. The maximum atomic E-state index is 12.8. The summed E-state index contributed by atoms with van der Waals surface area (Å²) in [5, 5.41) is 0. The van der Waals surface area contributed by atoms with E-state index in [9.17, 15) is 4.79 Å². The fraction of sp³-hybridized carbons (Fsp3) is 0.583. The molecule has 1 aromatic carbocycles. The summed E-state index contributed by atoms with van der Waals surface area (Å²) in [6.45, 7) is 8.13. The second-order valence-corrected chi connectivity index (χ2v) is 9.03. The zero-order chi connectivity index (χ0) is 19.7. The molecule has 1 fully saturated rings. The van der Waals surface area contributed by atoms with Crippen LogP contribution in [0, 0.1) is 17.8 Å². The van der Waals surface area contributed by atoms with E-state index in [0.717, 1.165) is 25.8 Å². The molecule has 1 saturated carbocycles. The highest BCUT2D eigenvalue weighted by Gasteiger charge is 2.35. The third-order valence-corrected chi connectivity index (χ3v) is 6.61. The van der Waals surface area contributed by atoms with Gasteiger partial charge in [-0.3, -0.25) is 0 Å². The molecule has 150 valence electrons. The maximum Gasteiger partial charge on any atom is 0.348 e. The van der Waals surface area contributed by atoms with Gasteiger partial charge >= 0.3 is 5.97 Å². The van der Waals surface area contributed by atoms with Crippen LogP contribution in [0.1, 0.15) is 52.3 Å². The summed E-state index contributed by atoms with van der Waals surface area (Å²) < 4.78 is 10.5. The van der Waals surface area contributed by atoms with Gasteiger partial charge in [-0.1, -0.05) is 57.5 Å². The van der Waals surface area contributed by atoms with Gasteiger partial charge < -0.3 is 4.74 Å². The number of esters is 1. The van der Waals surface area contributed by atoms with E-state index in [1.807, 2.05) is 6.07 Å². The zero-order valence-corrected chi connectivity index (χ0v) is 17.4. The molecule has 28 heavy (non-hydrogen) atoms. The van der Waals surface area contributed by atoms with Gasteiger partial charge in [0.25, 0.3) is 5.82 Å². The first kappa shape index (κ1) is 19.2. The molecular formula is C24H33N2O2+. The van der Waals surface area contributed by atoms with Crippen LogP contribution in [-0.2, 0) is 29.0 Å². The third-order valence-electron chi connectivity index (χ3n) is 6.61. The smallest absolute Gasteiger partial charge is 0.348 e. The maximum absolute atomic E-state index is 12.8. The predicted molar refractivity (Wildman–Crippen MR) is 110 cm³/mol. The van der Waals surface area contributed by atoms with E-state index in [1.165, 1.54) is 29.9 Å². The molecular weight excluding hydrogens is 348 g/mol. The number of hydrogen-bond donors (Lipinski definition) is 0. The van der Waals surface area contributed by atoms with Crippen molar-refractivity contribution in [2.75, 3.05) is 0 Å². The van der Waals surface area contributed by atoms with Gasteiger partial charge in [0.15, 0.2) is 12.2 Å². The van der Waals surface area contributed by atoms with Gasteiger partial charge in [0.2, 0.25) is 0 Å². The second kappa shape index (κ2) is 8.10. The van der Waals surface area contributed by atoms with Crippen molar-refractivity contribution in [1.29, 1.82) is 0 Å². The highest BCUT2D eigenvalue weighted by atomic mass is 16.5. The molecule has 2 aliphatic rings. The van der Waals surface area contributed by atoms with E-state index in [0.29, 0.717) is 24.3 Å². The van der Waals surface area contributed by atoms with Crippen molar-refractivity contribution in [2.45, 2.75) is 72.1 Å². The van der Waals surface area contributed by atoms with Crippen LogP contribution in [0.3, 0.4) is 0 Å². The van der Waals surface area contributed by atoms with Gasteiger partial charge in [0.05, 0.1) is 13.0 Å². The second-order valence-electron chi connectivity index (χ2n) is 9.03. The van der Waals surface area contributed by atoms with Crippen molar-refractivity contribution in [3.8, 4) is 11.3 Å². The lowest BCUT2D eigenvalue weighted by Gasteiger charge is -2.36. The van der Waals surface area contributed by atoms with Gasteiger partial charge in [-0.15, -0.1) is 0 Å². The normalized spacial score (nSPS) is 24.4. The fourth-order valence-electron chi connectivity index (χ4n) is 5.08. The summed E-state index contributed by atoms with van der Waals surface area (Å²) in [6, 6.07) is 10.5. The molecule has 2 aromatic rings. The molecule has 0 N–H and O–H groups in total. The minimum atomic E-state index is -0.0883. The summed E-state index contributed by atoms with van der Waals surface area (Å²) in [5.41, 5.74) is 2.41. The molecule has 1 aliphatic heterocycles. The quantitative estimate of drug-likeness (QED) is 0.569. The zero-order valence-electron chi connectivity index (χ0n) is 17.4. The highest BCUT2D eigenvalue weighted by Crippen LogP contribution is 2.35. The van der Waals surface area contributed by atoms with E-state index >= 15 is 0 Å². The number of nitrogens with zero attached hydrogens (tertiary/aromatic N) is 2. The van der Waals surface area contributed by atoms with Crippen LogP contribution >= 0.6 is 0 Å². The van der Waals surface area contributed by atoms with Gasteiger partial charge in [-0.25, -0.2) is 13.9 Å². The number of hydrogen-bond acceptors (Lipinski definition) is 2. The largest absolute Gasteiger partial charge is 0.459 e. The SMILES string of the molecule is CC1CCC(C(C)C)C(OC(=O)C[n+]2cc(-c3ccccc3)n3c2CCC3)C1. The van der Waals surface area contributed by atoms with Crippen LogP contribution in [0.2, 0.25) is 0 Å². The Balaban J connectivity index is 1.51. The molecule has 0 spiro atoms. The average Bonchev–Trinajstić information content (AvgIpc) is 3.26.